The quantitative estimate of drug-likeness (QED) is 0.669. The molecule has 0 aliphatic carbocycles. The van der Waals surface area contributed by atoms with E-state index in [2.05, 4.69) is 4.84 Å². The normalized spacial score (nSPS) is 9.18. The van der Waals surface area contributed by atoms with Crippen LogP contribution in [0.1, 0.15) is 10.4 Å². The van der Waals surface area contributed by atoms with E-state index in [0.717, 1.165) is 0 Å². The number of hydrogen-bond acceptors (Lipinski definition) is 2. The Morgan fingerprint density at radius 3 is 2.82 bits per heavy atom. The number of carbonyl (C=O) groups is 1. The standard InChI is InChI=1S/C7H6ClNO2/c8-9-6-3-1-2-5(4-6)7(10)11/h1-4,9H,(H,10,11). The first-order chi connectivity index (χ1) is 5.24. The van der Waals surface area contributed by atoms with Crippen molar-refractivity contribution in [1.82, 2.24) is 0 Å². The molecule has 1 aromatic rings. The summed E-state index contributed by atoms with van der Waals surface area (Å²) in [5.74, 6) is -0.959. The van der Waals surface area contributed by atoms with Gasteiger partial charge >= 0.3 is 5.97 Å². The molecule has 0 spiro atoms. The van der Waals surface area contributed by atoms with E-state index in [4.69, 9.17) is 16.9 Å². The number of anilines is 1. The molecule has 4 heteroatoms. The lowest BCUT2D eigenvalue weighted by Gasteiger charge is -1.97. The lowest BCUT2D eigenvalue weighted by Crippen LogP contribution is -1.95. The van der Waals surface area contributed by atoms with Crippen LogP contribution >= 0.6 is 11.8 Å². The van der Waals surface area contributed by atoms with Gasteiger partial charge in [-0.05, 0) is 18.2 Å². The largest absolute Gasteiger partial charge is 0.478 e. The topological polar surface area (TPSA) is 49.3 Å². The van der Waals surface area contributed by atoms with Gasteiger partial charge in [-0.25, -0.2) is 4.79 Å². The van der Waals surface area contributed by atoms with Crippen LogP contribution in [0.15, 0.2) is 24.3 Å². The molecule has 0 atom stereocenters. The minimum atomic E-state index is -0.959. The minimum absolute atomic E-state index is 0.218. The van der Waals surface area contributed by atoms with Crippen molar-refractivity contribution in [1.29, 1.82) is 0 Å². The van der Waals surface area contributed by atoms with Crippen molar-refractivity contribution in [2.24, 2.45) is 0 Å². The lowest BCUT2D eigenvalue weighted by atomic mass is 10.2. The van der Waals surface area contributed by atoms with Gasteiger partial charge in [0.05, 0.1) is 5.56 Å². The zero-order chi connectivity index (χ0) is 8.27. The summed E-state index contributed by atoms with van der Waals surface area (Å²) in [4.78, 5) is 12.7. The SMILES string of the molecule is O=C(O)c1cccc(NCl)c1. The molecule has 1 rings (SSSR count). The first-order valence-electron chi connectivity index (χ1n) is 2.94. The molecule has 0 unspecified atom stereocenters. The van der Waals surface area contributed by atoms with E-state index in [9.17, 15) is 4.79 Å². The maximum atomic E-state index is 10.4. The molecule has 0 saturated carbocycles. The van der Waals surface area contributed by atoms with Crippen LogP contribution in [0.4, 0.5) is 5.69 Å². The Kier molecular flexibility index (Phi) is 2.33. The lowest BCUT2D eigenvalue weighted by molar-refractivity contribution is 0.0697. The monoisotopic (exact) mass is 171 g/mol. The molecule has 0 bridgehead atoms. The molecule has 0 aromatic heterocycles. The fourth-order valence-electron chi connectivity index (χ4n) is 0.711. The molecule has 0 aliphatic heterocycles. The van der Waals surface area contributed by atoms with E-state index < -0.39 is 5.97 Å². The average molecular weight is 172 g/mol. The van der Waals surface area contributed by atoms with Crippen LogP contribution in [0.25, 0.3) is 0 Å². The van der Waals surface area contributed by atoms with Gasteiger partial charge in [-0.15, -0.1) is 0 Å². The highest BCUT2D eigenvalue weighted by Crippen LogP contribution is 2.10. The molecule has 0 fully saturated rings. The molecule has 0 aliphatic rings. The van der Waals surface area contributed by atoms with Crippen molar-refractivity contribution in [3.8, 4) is 0 Å². The molecule has 0 radical (unpaired) electrons. The highest BCUT2D eigenvalue weighted by atomic mass is 35.5. The molecule has 0 amide bonds. The highest BCUT2D eigenvalue weighted by molar-refractivity contribution is 6.24. The third kappa shape index (κ3) is 1.85. The van der Waals surface area contributed by atoms with Crippen LogP contribution in [0.2, 0.25) is 0 Å². The average Bonchev–Trinajstić information content (AvgIpc) is 2.05. The van der Waals surface area contributed by atoms with Crippen molar-refractivity contribution in [3.05, 3.63) is 29.8 Å². The number of benzene rings is 1. The first-order valence-corrected chi connectivity index (χ1v) is 3.32. The zero-order valence-corrected chi connectivity index (χ0v) is 6.30. The summed E-state index contributed by atoms with van der Waals surface area (Å²) in [5, 5.41) is 8.53. The van der Waals surface area contributed by atoms with Crippen molar-refractivity contribution in [2.45, 2.75) is 0 Å². The second-order valence-corrected chi connectivity index (χ2v) is 2.17. The summed E-state index contributed by atoms with van der Waals surface area (Å²) in [6, 6.07) is 6.25. The van der Waals surface area contributed by atoms with Crippen LogP contribution in [0, 0.1) is 0 Å². The molecular weight excluding hydrogens is 166 g/mol. The molecule has 3 nitrogen and oxygen atoms in total. The van der Waals surface area contributed by atoms with Gasteiger partial charge in [-0.2, -0.15) is 0 Å². The van der Waals surface area contributed by atoms with E-state index in [-0.39, 0.29) is 5.56 Å². The predicted molar refractivity (Wildman–Crippen MR) is 42.9 cm³/mol. The van der Waals surface area contributed by atoms with Crippen LogP contribution in [0.5, 0.6) is 0 Å². The predicted octanol–water partition coefficient (Wildman–Crippen LogP) is 1.95. The number of nitrogens with one attached hydrogen (secondary N) is 1. The van der Waals surface area contributed by atoms with Crippen molar-refractivity contribution in [3.63, 3.8) is 0 Å². The number of carboxylic acids is 1. The Morgan fingerprint density at radius 1 is 1.55 bits per heavy atom. The summed E-state index contributed by atoms with van der Waals surface area (Å²) < 4.78 is 0. The summed E-state index contributed by atoms with van der Waals surface area (Å²) in [6.07, 6.45) is 0. The van der Waals surface area contributed by atoms with Crippen LogP contribution in [0.3, 0.4) is 0 Å². The molecular formula is C7H6ClNO2. The van der Waals surface area contributed by atoms with Crippen molar-refractivity contribution < 1.29 is 9.90 Å². The Bertz CT molecular complexity index is 275. The molecule has 1 aromatic carbocycles. The van der Waals surface area contributed by atoms with Gasteiger partial charge in [0.15, 0.2) is 0 Å². The van der Waals surface area contributed by atoms with Crippen LogP contribution in [-0.2, 0) is 0 Å². The van der Waals surface area contributed by atoms with Crippen molar-refractivity contribution >= 4 is 23.4 Å². The van der Waals surface area contributed by atoms with Gasteiger partial charge in [-0.3, -0.25) is 4.84 Å². The Hall–Kier alpha value is -1.22. The number of halogens is 1. The second-order valence-electron chi connectivity index (χ2n) is 1.98. The van der Waals surface area contributed by atoms with Gasteiger partial charge in [0.2, 0.25) is 0 Å². The highest BCUT2D eigenvalue weighted by Gasteiger charge is 2.01. The Balaban J connectivity index is 3.01. The third-order valence-electron chi connectivity index (χ3n) is 1.22. The number of rotatable bonds is 2. The Morgan fingerprint density at radius 2 is 2.27 bits per heavy atom. The van der Waals surface area contributed by atoms with Crippen LogP contribution < -0.4 is 4.84 Å². The van der Waals surface area contributed by atoms with E-state index in [1.807, 2.05) is 0 Å². The van der Waals surface area contributed by atoms with Gasteiger partial charge < -0.3 is 5.11 Å². The van der Waals surface area contributed by atoms with E-state index in [1.165, 1.54) is 12.1 Å². The molecule has 0 heterocycles. The maximum absolute atomic E-state index is 10.4. The minimum Gasteiger partial charge on any atom is -0.478 e. The summed E-state index contributed by atoms with van der Waals surface area (Å²) in [5.41, 5.74) is 0.794. The second kappa shape index (κ2) is 3.25. The molecule has 11 heavy (non-hydrogen) atoms. The van der Waals surface area contributed by atoms with Gasteiger partial charge in [0, 0.05) is 17.5 Å². The fraction of sp³-hybridized carbons (Fsp3) is 0. The Labute approximate surface area is 68.7 Å². The molecule has 0 saturated heterocycles. The van der Waals surface area contributed by atoms with Gasteiger partial charge in [-0.1, -0.05) is 6.07 Å². The fourth-order valence-corrected chi connectivity index (χ4v) is 0.829. The van der Waals surface area contributed by atoms with Gasteiger partial charge in [0.25, 0.3) is 0 Å². The van der Waals surface area contributed by atoms with Crippen LogP contribution in [-0.4, -0.2) is 11.1 Å². The number of aromatic carboxylic acids is 1. The molecule has 2 N–H and O–H groups in total. The van der Waals surface area contributed by atoms with Crippen molar-refractivity contribution in [2.75, 3.05) is 4.84 Å². The van der Waals surface area contributed by atoms with E-state index in [1.54, 1.807) is 12.1 Å². The number of carboxylic acid groups (broad SMARTS) is 1. The van der Waals surface area contributed by atoms with E-state index >= 15 is 0 Å². The third-order valence-corrected chi connectivity index (χ3v) is 1.44. The molecule has 58 valence electrons. The van der Waals surface area contributed by atoms with Gasteiger partial charge in [0.1, 0.15) is 0 Å². The smallest absolute Gasteiger partial charge is 0.335 e. The number of hydrogen-bond donors (Lipinski definition) is 2. The zero-order valence-electron chi connectivity index (χ0n) is 5.54. The first kappa shape index (κ1) is 7.88. The van der Waals surface area contributed by atoms with E-state index in [0.29, 0.717) is 5.69 Å². The summed E-state index contributed by atoms with van der Waals surface area (Å²) >= 11 is 5.26. The summed E-state index contributed by atoms with van der Waals surface area (Å²) in [7, 11) is 0. The summed E-state index contributed by atoms with van der Waals surface area (Å²) in [6.45, 7) is 0. The maximum Gasteiger partial charge on any atom is 0.335 e.